The number of hydrogen-bond acceptors (Lipinski definition) is 2. The van der Waals surface area contributed by atoms with Gasteiger partial charge in [0.1, 0.15) is 11.5 Å². The molecule has 0 N–H and O–H groups in total. The molecule has 2 nitrogen and oxygen atoms in total. The quantitative estimate of drug-likeness (QED) is 0.340. The minimum absolute atomic E-state index is 0.124. The Kier molecular flexibility index (Phi) is 6.69. The van der Waals surface area contributed by atoms with Crippen LogP contribution in [0.5, 0.6) is 11.5 Å². The smallest absolute Gasteiger partial charge is 0.250 e. The molecule has 0 saturated heterocycles. The van der Waals surface area contributed by atoms with Crippen molar-refractivity contribution >= 4 is 27.4 Å². The number of rotatable bonds is 5. The lowest BCUT2D eigenvalue weighted by molar-refractivity contribution is 0.473. The SMILES string of the molecule is Cc1c(O[Si](C)(C)C(C)(C)C)cc(O[Si](C)(C)C(C)(C)C)cc1-c1ccc2ccccc2c1. The third kappa shape index (κ3) is 5.38. The lowest BCUT2D eigenvalue weighted by atomic mass is 9.97. The van der Waals surface area contributed by atoms with E-state index in [-0.39, 0.29) is 10.1 Å². The van der Waals surface area contributed by atoms with Gasteiger partial charge in [0, 0.05) is 6.07 Å². The van der Waals surface area contributed by atoms with E-state index in [1.807, 2.05) is 0 Å². The van der Waals surface area contributed by atoms with Gasteiger partial charge in [-0.3, -0.25) is 0 Å². The minimum atomic E-state index is -2.01. The van der Waals surface area contributed by atoms with Gasteiger partial charge >= 0.3 is 0 Å². The lowest BCUT2D eigenvalue weighted by Crippen LogP contribution is -2.44. The van der Waals surface area contributed by atoms with Gasteiger partial charge in [0.25, 0.3) is 0 Å². The molecule has 0 unspecified atom stereocenters. The zero-order valence-electron chi connectivity index (χ0n) is 22.5. The van der Waals surface area contributed by atoms with Crippen molar-refractivity contribution in [2.75, 3.05) is 0 Å². The molecule has 0 spiro atoms. The molecule has 0 saturated carbocycles. The van der Waals surface area contributed by atoms with Crippen molar-refractivity contribution in [2.24, 2.45) is 0 Å². The van der Waals surface area contributed by atoms with E-state index in [1.165, 1.54) is 27.5 Å². The highest BCUT2D eigenvalue weighted by Gasteiger charge is 2.41. The van der Waals surface area contributed by atoms with Crippen LogP contribution in [0, 0.1) is 6.92 Å². The van der Waals surface area contributed by atoms with Crippen LogP contribution in [0.25, 0.3) is 21.9 Å². The molecule has 0 bridgehead atoms. The predicted molar refractivity (Wildman–Crippen MR) is 150 cm³/mol. The first kappa shape index (κ1) is 25.6. The molecule has 3 rings (SSSR count). The number of fused-ring (bicyclic) bond motifs is 1. The number of hydrogen-bond donors (Lipinski definition) is 0. The van der Waals surface area contributed by atoms with E-state index in [0.717, 1.165) is 11.5 Å². The van der Waals surface area contributed by atoms with Crippen LogP contribution >= 0.6 is 0 Å². The van der Waals surface area contributed by atoms with Crippen LogP contribution in [0.15, 0.2) is 54.6 Å². The van der Waals surface area contributed by atoms with Crippen molar-refractivity contribution < 1.29 is 8.85 Å². The van der Waals surface area contributed by atoms with E-state index < -0.39 is 16.6 Å². The highest BCUT2D eigenvalue weighted by atomic mass is 28.4. The van der Waals surface area contributed by atoms with Gasteiger partial charge < -0.3 is 8.85 Å². The summed E-state index contributed by atoms with van der Waals surface area (Å²) in [6.45, 7) is 25.1. The second-order valence-corrected chi connectivity index (χ2v) is 21.8. The highest BCUT2D eigenvalue weighted by molar-refractivity contribution is 6.75. The molecule has 3 aromatic carbocycles. The summed E-state index contributed by atoms with van der Waals surface area (Å²) in [4.78, 5) is 0. The summed E-state index contributed by atoms with van der Waals surface area (Å²) in [5, 5.41) is 2.75. The predicted octanol–water partition coefficient (Wildman–Crippen LogP) is 9.58. The molecule has 0 atom stereocenters. The van der Waals surface area contributed by atoms with E-state index in [0.29, 0.717) is 0 Å². The first-order chi connectivity index (χ1) is 15.0. The maximum atomic E-state index is 6.86. The molecule has 0 heterocycles. The van der Waals surface area contributed by atoms with E-state index in [2.05, 4.69) is 129 Å². The molecule has 0 radical (unpaired) electrons. The van der Waals surface area contributed by atoms with Gasteiger partial charge in [-0.05, 0) is 82.8 Å². The van der Waals surface area contributed by atoms with Crippen LogP contribution in [0.1, 0.15) is 47.1 Å². The number of benzene rings is 3. The second kappa shape index (κ2) is 8.63. The normalized spacial score (nSPS) is 13.3. The van der Waals surface area contributed by atoms with Crippen molar-refractivity contribution in [2.45, 2.75) is 84.7 Å². The van der Waals surface area contributed by atoms with Crippen molar-refractivity contribution in [3.8, 4) is 22.6 Å². The summed E-state index contributed by atoms with van der Waals surface area (Å²) in [6, 6.07) is 19.6. The molecule has 0 aliphatic heterocycles. The largest absolute Gasteiger partial charge is 0.543 e. The van der Waals surface area contributed by atoms with Crippen molar-refractivity contribution in [1.82, 2.24) is 0 Å². The monoisotopic (exact) mass is 478 g/mol. The molecule has 0 amide bonds. The first-order valence-corrected chi connectivity index (χ1v) is 17.9. The third-order valence-corrected chi connectivity index (χ3v) is 16.4. The van der Waals surface area contributed by atoms with Crippen LogP contribution in [-0.2, 0) is 0 Å². The van der Waals surface area contributed by atoms with Gasteiger partial charge in [0.05, 0.1) is 0 Å². The first-order valence-electron chi connectivity index (χ1n) is 12.0. The second-order valence-electron chi connectivity index (χ2n) is 12.4. The van der Waals surface area contributed by atoms with E-state index in [9.17, 15) is 0 Å². The van der Waals surface area contributed by atoms with Gasteiger partial charge in [0.15, 0.2) is 0 Å². The summed E-state index contributed by atoms with van der Waals surface area (Å²) >= 11 is 0. The average Bonchev–Trinajstić information content (AvgIpc) is 2.67. The van der Waals surface area contributed by atoms with Gasteiger partial charge in [-0.25, -0.2) is 0 Å². The molecule has 0 aromatic heterocycles. The van der Waals surface area contributed by atoms with Gasteiger partial charge in [-0.1, -0.05) is 77.9 Å². The zero-order chi connectivity index (χ0) is 24.8. The molecule has 4 heteroatoms. The van der Waals surface area contributed by atoms with E-state index >= 15 is 0 Å². The minimum Gasteiger partial charge on any atom is -0.543 e. The van der Waals surface area contributed by atoms with Crippen LogP contribution in [0.4, 0.5) is 0 Å². The molecule has 3 aromatic rings. The van der Waals surface area contributed by atoms with E-state index in [1.54, 1.807) is 0 Å². The topological polar surface area (TPSA) is 18.5 Å². The standard InChI is InChI=1S/C29H42O2Si2/c1-21-26(24-17-16-22-14-12-13-15-23(22)18-24)19-25(30-32(8,9)28(2,3)4)20-27(21)31-33(10,11)29(5,6)7/h12-20H,1-11H3. The maximum absolute atomic E-state index is 6.86. The van der Waals surface area contributed by atoms with Crippen molar-refractivity contribution in [1.29, 1.82) is 0 Å². The summed E-state index contributed by atoms with van der Waals surface area (Å²) in [6.07, 6.45) is 0. The Balaban J connectivity index is 2.18. The van der Waals surface area contributed by atoms with Gasteiger partial charge in [0.2, 0.25) is 16.6 Å². The fraction of sp³-hybridized carbons (Fsp3) is 0.448. The Hall–Kier alpha value is -2.05. The van der Waals surface area contributed by atoms with Crippen LogP contribution in [-0.4, -0.2) is 16.6 Å². The molecule has 0 aliphatic carbocycles. The average molecular weight is 479 g/mol. The third-order valence-electron chi connectivity index (χ3n) is 7.74. The van der Waals surface area contributed by atoms with Gasteiger partial charge in [-0.2, -0.15) is 0 Å². The lowest BCUT2D eigenvalue weighted by Gasteiger charge is -2.38. The van der Waals surface area contributed by atoms with Crippen molar-refractivity contribution in [3.63, 3.8) is 0 Å². The van der Waals surface area contributed by atoms with Crippen LogP contribution in [0.3, 0.4) is 0 Å². The Morgan fingerprint density at radius 1 is 0.636 bits per heavy atom. The summed E-state index contributed by atoms with van der Waals surface area (Å²) in [5.74, 6) is 1.88. The fourth-order valence-corrected chi connectivity index (χ4v) is 5.44. The zero-order valence-corrected chi connectivity index (χ0v) is 24.5. The molecular formula is C29H42O2Si2. The summed E-state index contributed by atoms with van der Waals surface area (Å²) in [5.41, 5.74) is 3.57. The van der Waals surface area contributed by atoms with E-state index in [4.69, 9.17) is 8.85 Å². The summed E-state index contributed by atoms with van der Waals surface area (Å²) in [7, 11) is -4.00. The Morgan fingerprint density at radius 2 is 1.18 bits per heavy atom. The van der Waals surface area contributed by atoms with Crippen LogP contribution < -0.4 is 8.85 Å². The van der Waals surface area contributed by atoms with Crippen molar-refractivity contribution in [3.05, 3.63) is 60.2 Å². The molecule has 0 aliphatic rings. The summed E-state index contributed by atoms with van der Waals surface area (Å²) < 4.78 is 13.6. The maximum Gasteiger partial charge on any atom is 0.250 e. The Bertz CT molecular complexity index is 1150. The Morgan fingerprint density at radius 3 is 1.76 bits per heavy atom. The van der Waals surface area contributed by atoms with Gasteiger partial charge in [-0.15, -0.1) is 0 Å². The fourth-order valence-electron chi connectivity index (χ4n) is 3.36. The molecule has 178 valence electrons. The molecular weight excluding hydrogens is 436 g/mol. The molecule has 33 heavy (non-hydrogen) atoms. The van der Waals surface area contributed by atoms with Crippen LogP contribution in [0.2, 0.25) is 36.3 Å². The highest BCUT2D eigenvalue weighted by Crippen LogP contribution is 2.44. The Labute approximate surface area is 203 Å². The molecule has 0 fully saturated rings.